The summed E-state index contributed by atoms with van der Waals surface area (Å²) in [4.78, 5) is 11.7. The monoisotopic (exact) mass is 345 g/mol. The van der Waals surface area contributed by atoms with Crippen molar-refractivity contribution < 1.29 is 9.53 Å². The minimum Gasteiger partial charge on any atom is -0.458 e. The van der Waals surface area contributed by atoms with Gasteiger partial charge in [-0.25, -0.2) is 0 Å². The standard InChI is InChI=1S/C23H37O2/c1-4-6-8-9-10-11-12-13-14-21-16-18-22(19-17-21)20(3)25-23(24)15-7-5-2/h15-20H,4-14H2,1-3H3. The molecule has 0 aliphatic rings. The SMILES string of the molecule is CCC[CH]C(=O)OC(C)c1ccc(CCCCCCCCCC)cc1. The third-order valence-corrected chi connectivity index (χ3v) is 4.66. The molecule has 0 N–H and O–H groups in total. The Morgan fingerprint density at radius 2 is 1.52 bits per heavy atom. The topological polar surface area (TPSA) is 26.3 Å². The number of carbonyl (C=O) groups is 1. The minimum atomic E-state index is -0.211. The van der Waals surface area contributed by atoms with Crippen molar-refractivity contribution in [2.24, 2.45) is 0 Å². The van der Waals surface area contributed by atoms with Crippen LogP contribution in [-0.2, 0) is 16.0 Å². The van der Waals surface area contributed by atoms with E-state index in [-0.39, 0.29) is 12.1 Å². The fraction of sp³-hybridized carbons (Fsp3) is 0.652. The van der Waals surface area contributed by atoms with Gasteiger partial charge in [0.15, 0.2) is 0 Å². The fourth-order valence-corrected chi connectivity index (χ4v) is 2.97. The molecule has 1 rings (SSSR count). The van der Waals surface area contributed by atoms with Gasteiger partial charge in [-0.15, -0.1) is 0 Å². The van der Waals surface area contributed by atoms with E-state index in [1.54, 1.807) is 6.42 Å². The number of hydrogen-bond donors (Lipinski definition) is 0. The second-order valence-electron chi connectivity index (χ2n) is 7.04. The molecule has 0 spiro atoms. The van der Waals surface area contributed by atoms with Crippen molar-refractivity contribution in [2.45, 2.75) is 97.5 Å². The second kappa shape index (κ2) is 13.9. The Hall–Kier alpha value is -1.31. The second-order valence-corrected chi connectivity index (χ2v) is 7.04. The van der Waals surface area contributed by atoms with Gasteiger partial charge in [0.25, 0.3) is 0 Å². The van der Waals surface area contributed by atoms with E-state index < -0.39 is 0 Å². The zero-order valence-corrected chi connectivity index (χ0v) is 16.6. The molecular formula is C23H37O2. The largest absolute Gasteiger partial charge is 0.458 e. The van der Waals surface area contributed by atoms with Crippen LogP contribution in [-0.4, -0.2) is 5.97 Å². The maximum absolute atomic E-state index is 11.7. The Morgan fingerprint density at radius 3 is 2.12 bits per heavy atom. The number of carbonyl (C=O) groups excluding carboxylic acids is 1. The third-order valence-electron chi connectivity index (χ3n) is 4.66. The van der Waals surface area contributed by atoms with E-state index in [9.17, 15) is 4.79 Å². The average molecular weight is 346 g/mol. The lowest BCUT2D eigenvalue weighted by molar-refractivity contribution is -0.144. The first-order chi connectivity index (χ1) is 12.2. The van der Waals surface area contributed by atoms with Crippen LogP contribution in [0.1, 0.15) is 102 Å². The van der Waals surface area contributed by atoms with Crippen LogP contribution in [0.2, 0.25) is 0 Å². The van der Waals surface area contributed by atoms with E-state index in [2.05, 4.69) is 38.1 Å². The van der Waals surface area contributed by atoms with Crippen molar-refractivity contribution in [3.05, 3.63) is 41.8 Å². The van der Waals surface area contributed by atoms with Gasteiger partial charge in [0.05, 0.1) is 6.42 Å². The Bertz CT molecular complexity index is 450. The van der Waals surface area contributed by atoms with Crippen LogP contribution in [0.25, 0.3) is 0 Å². The molecule has 25 heavy (non-hydrogen) atoms. The van der Waals surface area contributed by atoms with Crippen LogP contribution < -0.4 is 0 Å². The van der Waals surface area contributed by atoms with Crippen molar-refractivity contribution in [3.8, 4) is 0 Å². The number of aryl methyl sites for hydroxylation is 1. The summed E-state index contributed by atoms with van der Waals surface area (Å²) < 4.78 is 5.44. The number of hydrogen-bond acceptors (Lipinski definition) is 2. The molecule has 0 saturated carbocycles. The third kappa shape index (κ3) is 10.3. The summed E-state index contributed by atoms with van der Waals surface area (Å²) in [5, 5.41) is 0. The molecule has 1 unspecified atom stereocenters. The predicted octanol–water partition coefficient (Wildman–Crippen LogP) is 6.98. The van der Waals surface area contributed by atoms with E-state index in [1.165, 1.54) is 56.9 Å². The maximum atomic E-state index is 11.7. The smallest absolute Gasteiger partial charge is 0.310 e. The molecule has 2 nitrogen and oxygen atoms in total. The first-order valence-corrected chi connectivity index (χ1v) is 10.3. The molecule has 0 saturated heterocycles. The first-order valence-electron chi connectivity index (χ1n) is 10.3. The van der Waals surface area contributed by atoms with Gasteiger partial charge in [0.2, 0.25) is 0 Å². The highest BCUT2D eigenvalue weighted by Gasteiger charge is 2.11. The molecule has 0 heterocycles. The molecular weight excluding hydrogens is 308 g/mol. The molecule has 1 atom stereocenters. The summed E-state index contributed by atoms with van der Waals surface area (Å²) in [7, 11) is 0. The van der Waals surface area contributed by atoms with E-state index in [0.29, 0.717) is 0 Å². The van der Waals surface area contributed by atoms with Crippen LogP contribution >= 0.6 is 0 Å². The number of ether oxygens (including phenoxy) is 1. The molecule has 141 valence electrons. The normalized spacial score (nSPS) is 12.1. The van der Waals surface area contributed by atoms with Crippen LogP contribution in [0.3, 0.4) is 0 Å². The Labute approximate surface area is 155 Å². The highest BCUT2D eigenvalue weighted by molar-refractivity contribution is 5.78. The molecule has 0 aliphatic carbocycles. The molecule has 0 aliphatic heterocycles. The Kier molecular flexibility index (Phi) is 12.1. The Morgan fingerprint density at radius 1 is 0.920 bits per heavy atom. The van der Waals surface area contributed by atoms with Crippen molar-refractivity contribution in [1.82, 2.24) is 0 Å². The van der Waals surface area contributed by atoms with Crippen LogP contribution in [0.5, 0.6) is 0 Å². The van der Waals surface area contributed by atoms with Crippen LogP contribution in [0, 0.1) is 6.42 Å². The Balaban J connectivity index is 2.21. The maximum Gasteiger partial charge on any atom is 0.310 e. The summed E-state index contributed by atoms with van der Waals surface area (Å²) in [5.74, 6) is -0.211. The van der Waals surface area contributed by atoms with Gasteiger partial charge in [-0.05, 0) is 37.3 Å². The van der Waals surface area contributed by atoms with Gasteiger partial charge in [0.1, 0.15) is 6.10 Å². The molecule has 1 radical (unpaired) electrons. The lowest BCUT2D eigenvalue weighted by atomic mass is 10.0. The minimum absolute atomic E-state index is 0.183. The molecule has 0 fully saturated rings. The summed E-state index contributed by atoms with van der Waals surface area (Å²) in [6, 6.07) is 8.54. The van der Waals surface area contributed by atoms with E-state index in [4.69, 9.17) is 4.74 Å². The summed E-state index contributed by atoms with van der Waals surface area (Å²) in [6.45, 7) is 6.25. The van der Waals surface area contributed by atoms with E-state index in [0.717, 1.165) is 24.8 Å². The quantitative estimate of drug-likeness (QED) is 0.268. The number of benzene rings is 1. The van der Waals surface area contributed by atoms with E-state index >= 15 is 0 Å². The fourth-order valence-electron chi connectivity index (χ4n) is 2.97. The highest BCUT2D eigenvalue weighted by Crippen LogP contribution is 2.19. The average Bonchev–Trinajstić information content (AvgIpc) is 2.62. The lowest BCUT2D eigenvalue weighted by Gasteiger charge is -2.14. The highest BCUT2D eigenvalue weighted by atomic mass is 16.5. The zero-order valence-electron chi connectivity index (χ0n) is 16.6. The van der Waals surface area contributed by atoms with E-state index in [1.807, 2.05) is 6.92 Å². The van der Waals surface area contributed by atoms with Crippen molar-refractivity contribution >= 4 is 5.97 Å². The van der Waals surface area contributed by atoms with Gasteiger partial charge in [-0.1, -0.05) is 89.5 Å². The van der Waals surface area contributed by atoms with Gasteiger partial charge >= 0.3 is 5.97 Å². The number of unbranched alkanes of at least 4 members (excludes halogenated alkanes) is 8. The van der Waals surface area contributed by atoms with Gasteiger partial charge in [0, 0.05) is 0 Å². The van der Waals surface area contributed by atoms with Crippen molar-refractivity contribution in [3.63, 3.8) is 0 Å². The lowest BCUT2D eigenvalue weighted by Crippen LogP contribution is -2.09. The molecule has 2 heteroatoms. The van der Waals surface area contributed by atoms with Gasteiger partial charge in [-0.2, -0.15) is 0 Å². The van der Waals surface area contributed by atoms with Gasteiger partial charge in [-0.3, -0.25) is 4.79 Å². The summed E-state index contributed by atoms with van der Waals surface area (Å²) in [6.07, 6.45) is 15.2. The molecule has 0 bridgehead atoms. The van der Waals surface area contributed by atoms with Crippen molar-refractivity contribution in [1.29, 1.82) is 0 Å². The number of esters is 1. The number of rotatable bonds is 14. The summed E-state index contributed by atoms with van der Waals surface area (Å²) in [5.41, 5.74) is 2.45. The summed E-state index contributed by atoms with van der Waals surface area (Å²) >= 11 is 0. The molecule has 1 aromatic rings. The van der Waals surface area contributed by atoms with Crippen LogP contribution in [0.15, 0.2) is 24.3 Å². The predicted molar refractivity (Wildman–Crippen MR) is 106 cm³/mol. The molecule has 0 aromatic heterocycles. The first kappa shape index (κ1) is 21.7. The van der Waals surface area contributed by atoms with Gasteiger partial charge < -0.3 is 4.74 Å². The van der Waals surface area contributed by atoms with Crippen molar-refractivity contribution in [2.75, 3.05) is 0 Å². The zero-order chi connectivity index (χ0) is 18.3. The molecule has 0 amide bonds. The molecule has 1 aromatic carbocycles. The van der Waals surface area contributed by atoms with Crippen LogP contribution in [0.4, 0.5) is 0 Å².